The van der Waals surface area contributed by atoms with Crippen molar-refractivity contribution in [3.63, 3.8) is 0 Å². The fourth-order valence-corrected chi connectivity index (χ4v) is 4.75. The number of hydrogen-bond acceptors (Lipinski definition) is 4. The van der Waals surface area contributed by atoms with Crippen LogP contribution in [-0.4, -0.2) is 60.2 Å². The predicted octanol–water partition coefficient (Wildman–Crippen LogP) is 4.09. The van der Waals surface area contributed by atoms with E-state index in [-0.39, 0.29) is 18.4 Å². The molecule has 0 bridgehead atoms. The van der Waals surface area contributed by atoms with Gasteiger partial charge in [0.05, 0.1) is 13.7 Å². The summed E-state index contributed by atoms with van der Waals surface area (Å²) in [7, 11) is 1.59. The molecule has 6 nitrogen and oxygen atoms in total. The minimum atomic E-state index is -0.683. The lowest BCUT2D eigenvalue weighted by Gasteiger charge is -2.43. The predicted molar refractivity (Wildman–Crippen MR) is 116 cm³/mol. The molecule has 1 aliphatic heterocycles. The summed E-state index contributed by atoms with van der Waals surface area (Å²) in [6.07, 6.45) is 5.33. The smallest absolute Gasteiger partial charge is 0.257 e. The highest BCUT2D eigenvalue weighted by molar-refractivity contribution is 5.98. The van der Waals surface area contributed by atoms with Crippen LogP contribution in [0.2, 0.25) is 0 Å². The van der Waals surface area contributed by atoms with Crippen LogP contribution in [0, 0.1) is 5.92 Å². The van der Waals surface area contributed by atoms with Gasteiger partial charge < -0.3 is 14.4 Å². The van der Waals surface area contributed by atoms with Crippen LogP contribution >= 0.6 is 0 Å². The van der Waals surface area contributed by atoms with E-state index in [1.165, 1.54) is 0 Å². The van der Waals surface area contributed by atoms with Gasteiger partial charge in [-0.05, 0) is 62.6 Å². The van der Waals surface area contributed by atoms with Gasteiger partial charge in [-0.15, -0.1) is 0 Å². The molecular formula is C24H36N2O4. The second-order valence-corrected chi connectivity index (χ2v) is 8.69. The van der Waals surface area contributed by atoms with Gasteiger partial charge in [0.1, 0.15) is 17.5 Å². The lowest BCUT2D eigenvalue weighted by atomic mass is 9.83. The van der Waals surface area contributed by atoms with Crippen LogP contribution in [0.5, 0.6) is 5.75 Å². The monoisotopic (exact) mass is 416 g/mol. The average molecular weight is 417 g/mol. The molecule has 0 aromatic heterocycles. The standard InChI is InChI=1S/C24H36N2O4/c1-5-14-25(15-6-2)23(28)21-17-30-24(12-10-18(3)11-13-24)26(21)22(27)19-8-7-9-20(16-19)29-4/h7-9,16,18,21H,5-6,10-15,17H2,1-4H3. The number of amides is 2. The molecule has 0 N–H and O–H groups in total. The van der Waals surface area contributed by atoms with E-state index in [4.69, 9.17) is 9.47 Å². The van der Waals surface area contributed by atoms with Crippen LogP contribution in [-0.2, 0) is 9.53 Å². The second kappa shape index (κ2) is 9.82. The van der Waals surface area contributed by atoms with E-state index in [0.29, 0.717) is 30.3 Å². The highest BCUT2D eigenvalue weighted by Gasteiger charge is 2.54. The summed E-state index contributed by atoms with van der Waals surface area (Å²) in [5, 5.41) is 0. The fourth-order valence-electron chi connectivity index (χ4n) is 4.75. The Morgan fingerprint density at radius 3 is 2.47 bits per heavy atom. The van der Waals surface area contributed by atoms with E-state index in [1.54, 1.807) is 24.1 Å². The van der Waals surface area contributed by atoms with E-state index >= 15 is 0 Å². The summed E-state index contributed by atoms with van der Waals surface area (Å²) in [6.45, 7) is 8.06. The normalized spacial score (nSPS) is 26.1. The Labute approximate surface area is 180 Å². The van der Waals surface area contributed by atoms with Gasteiger partial charge in [0.2, 0.25) is 5.91 Å². The summed E-state index contributed by atoms with van der Waals surface area (Å²) in [4.78, 5) is 30.9. The molecule has 1 aromatic carbocycles. The van der Waals surface area contributed by atoms with Gasteiger partial charge in [-0.1, -0.05) is 26.8 Å². The second-order valence-electron chi connectivity index (χ2n) is 8.69. The molecule has 30 heavy (non-hydrogen) atoms. The van der Waals surface area contributed by atoms with Crippen molar-refractivity contribution in [1.82, 2.24) is 9.80 Å². The van der Waals surface area contributed by atoms with Crippen LogP contribution in [0.3, 0.4) is 0 Å². The number of carbonyl (C=O) groups excluding carboxylic acids is 2. The third-order valence-electron chi connectivity index (χ3n) is 6.44. The molecule has 1 aromatic rings. The van der Waals surface area contributed by atoms with E-state index in [9.17, 15) is 9.59 Å². The first-order chi connectivity index (χ1) is 14.5. The third-order valence-corrected chi connectivity index (χ3v) is 6.44. The number of ether oxygens (including phenoxy) is 2. The van der Waals surface area contributed by atoms with E-state index in [2.05, 4.69) is 20.8 Å². The summed E-state index contributed by atoms with van der Waals surface area (Å²) >= 11 is 0. The largest absolute Gasteiger partial charge is 0.497 e. The van der Waals surface area contributed by atoms with Crippen LogP contribution in [0.4, 0.5) is 0 Å². The Hall–Kier alpha value is -2.08. The van der Waals surface area contributed by atoms with Crippen molar-refractivity contribution < 1.29 is 19.1 Å². The molecule has 1 atom stereocenters. The highest BCUT2D eigenvalue weighted by Crippen LogP contribution is 2.43. The SMILES string of the molecule is CCCN(CCC)C(=O)C1COC2(CCC(C)CC2)N1C(=O)c1cccc(OC)c1. The van der Waals surface area contributed by atoms with Gasteiger partial charge >= 0.3 is 0 Å². The average Bonchev–Trinajstić information content (AvgIpc) is 3.13. The molecule has 2 aliphatic rings. The van der Waals surface area contributed by atoms with Crippen LogP contribution in [0.15, 0.2) is 24.3 Å². The van der Waals surface area contributed by atoms with Gasteiger partial charge in [-0.25, -0.2) is 0 Å². The minimum Gasteiger partial charge on any atom is -0.497 e. The van der Waals surface area contributed by atoms with Gasteiger partial charge in [0.25, 0.3) is 5.91 Å². The molecule has 1 aliphatic carbocycles. The first kappa shape index (κ1) is 22.6. The van der Waals surface area contributed by atoms with Gasteiger partial charge in [-0.3, -0.25) is 14.5 Å². The molecule has 166 valence electrons. The zero-order valence-electron chi connectivity index (χ0n) is 18.9. The number of hydrogen-bond donors (Lipinski definition) is 0. The topological polar surface area (TPSA) is 59.1 Å². The Morgan fingerprint density at radius 2 is 1.87 bits per heavy atom. The first-order valence-electron chi connectivity index (χ1n) is 11.4. The first-order valence-corrected chi connectivity index (χ1v) is 11.4. The summed E-state index contributed by atoms with van der Waals surface area (Å²) in [6, 6.07) is 6.60. The maximum Gasteiger partial charge on any atom is 0.257 e. The maximum atomic E-state index is 13.7. The Kier molecular flexibility index (Phi) is 7.40. The van der Waals surface area contributed by atoms with Crippen LogP contribution < -0.4 is 4.74 Å². The number of methoxy groups -OCH3 is 1. The number of carbonyl (C=O) groups is 2. The lowest BCUT2D eigenvalue weighted by Crippen LogP contribution is -2.57. The molecule has 2 fully saturated rings. The fraction of sp³-hybridized carbons (Fsp3) is 0.667. The van der Waals surface area contributed by atoms with Crippen LogP contribution in [0.25, 0.3) is 0 Å². The molecule has 1 heterocycles. The number of benzene rings is 1. The summed E-state index contributed by atoms with van der Waals surface area (Å²) in [5.74, 6) is 1.10. The Morgan fingerprint density at radius 1 is 1.20 bits per heavy atom. The summed E-state index contributed by atoms with van der Waals surface area (Å²) in [5.41, 5.74) is -0.148. The molecule has 6 heteroatoms. The van der Waals surface area contributed by atoms with E-state index in [0.717, 1.165) is 38.5 Å². The lowest BCUT2D eigenvalue weighted by molar-refractivity contribution is -0.137. The Bertz CT molecular complexity index is 736. The van der Waals surface area contributed by atoms with Gasteiger partial charge in [-0.2, -0.15) is 0 Å². The van der Waals surface area contributed by atoms with Crippen molar-refractivity contribution in [2.75, 3.05) is 26.8 Å². The zero-order chi connectivity index (χ0) is 21.7. The van der Waals surface area contributed by atoms with E-state index in [1.807, 2.05) is 17.0 Å². The van der Waals surface area contributed by atoms with Crippen molar-refractivity contribution in [3.05, 3.63) is 29.8 Å². The van der Waals surface area contributed by atoms with Crippen molar-refractivity contribution in [1.29, 1.82) is 0 Å². The number of rotatable bonds is 7. The highest BCUT2D eigenvalue weighted by atomic mass is 16.5. The van der Waals surface area contributed by atoms with Crippen molar-refractivity contribution in [3.8, 4) is 5.75 Å². The number of nitrogens with zero attached hydrogens (tertiary/aromatic N) is 2. The molecular weight excluding hydrogens is 380 g/mol. The maximum absolute atomic E-state index is 13.7. The van der Waals surface area contributed by atoms with Crippen LogP contribution in [0.1, 0.15) is 69.7 Å². The molecule has 1 spiro atoms. The van der Waals surface area contributed by atoms with Crippen molar-refractivity contribution in [2.24, 2.45) is 5.92 Å². The van der Waals surface area contributed by atoms with Crippen molar-refractivity contribution in [2.45, 2.75) is 71.1 Å². The molecule has 3 rings (SSSR count). The van der Waals surface area contributed by atoms with Gasteiger partial charge in [0, 0.05) is 18.7 Å². The van der Waals surface area contributed by atoms with Crippen molar-refractivity contribution >= 4 is 11.8 Å². The molecule has 0 radical (unpaired) electrons. The van der Waals surface area contributed by atoms with E-state index < -0.39 is 11.8 Å². The van der Waals surface area contributed by atoms with Gasteiger partial charge in [0.15, 0.2) is 0 Å². The molecule has 1 saturated carbocycles. The Balaban J connectivity index is 1.95. The summed E-state index contributed by atoms with van der Waals surface area (Å²) < 4.78 is 11.6. The zero-order valence-corrected chi connectivity index (χ0v) is 18.9. The third kappa shape index (κ3) is 4.48. The molecule has 1 unspecified atom stereocenters. The molecule has 1 saturated heterocycles. The quantitative estimate of drug-likeness (QED) is 0.672. The molecule has 2 amide bonds. The minimum absolute atomic E-state index is 0.00504.